The van der Waals surface area contributed by atoms with Crippen LogP contribution in [-0.2, 0) is 6.54 Å². The van der Waals surface area contributed by atoms with Gasteiger partial charge in [0.05, 0.1) is 0 Å². The van der Waals surface area contributed by atoms with E-state index in [1.807, 2.05) is 11.3 Å². The fourth-order valence-corrected chi connectivity index (χ4v) is 4.49. The summed E-state index contributed by atoms with van der Waals surface area (Å²) in [7, 11) is 0. The lowest BCUT2D eigenvalue weighted by atomic mass is 9.93. The van der Waals surface area contributed by atoms with Gasteiger partial charge in [-0.05, 0) is 47.1 Å². The second-order valence-corrected chi connectivity index (χ2v) is 6.76. The van der Waals surface area contributed by atoms with Crippen LogP contribution in [0.25, 0.3) is 10.1 Å². The molecule has 1 aliphatic carbocycles. The standard InChI is InChI=1S/C17H23NS/c1-3-13-8-9-16(12(13)2)18-10-14-11-19-17-7-5-4-6-15(14)17/h4-7,11-13,16,18H,3,8-10H2,1-2H3. The summed E-state index contributed by atoms with van der Waals surface area (Å²) in [5.41, 5.74) is 1.47. The highest BCUT2D eigenvalue weighted by atomic mass is 32.1. The number of hydrogen-bond donors (Lipinski definition) is 1. The van der Waals surface area contributed by atoms with Crippen molar-refractivity contribution in [2.75, 3.05) is 0 Å². The highest BCUT2D eigenvalue weighted by Crippen LogP contribution is 2.34. The van der Waals surface area contributed by atoms with Gasteiger partial charge in [0.15, 0.2) is 0 Å². The monoisotopic (exact) mass is 273 g/mol. The topological polar surface area (TPSA) is 12.0 Å². The number of thiophene rings is 1. The van der Waals surface area contributed by atoms with Crippen LogP contribution in [0.4, 0.5) is 0 Å². The molecule has 102 valence electrons. The average molecular weight is 273 g/mol. The average Bonchev–Trinajstić information content (AvgIpc) is 3.00. The lowest BCUT2D eigenvalue weighted by Crippen LogP contribution is -2.32. The molecular weight excluding hydrogens is 250 g/mol. The molecule has 2 aromatic rings. The van der Waals surface area contributed by atoms with Gasteiger partial charge < -0.3 is 5.32 Å². The van der Waals surface area contributed by atoms with Crippen LogP contribution in [0, 0.1) is 11.8 Å². The molecule has 0 radical (unpaired) electrons. The summed E-state index contributed by atoms with van der Waals surface area (Å²) in [6.45, 7) is 5.77. The van der Waals surface area contributed by atoms with Crippen LogP contribution in [0.2, 0.25) is 0 Å². The summed E-state index contributed by atoms with van der Waals surface area (Å²) in [6, 6.07) is 9.44. The molecule has 0 saturated heterocycles. The molecule has 1 aromatic heterocycles. The number of rotatable bonds is 4. The Balaban J connectivity index is 1.67. The van der Waals surface area contributed by atoms with Gasteiger partial charge >= 0.3 is 0 Å². The Morgan fingerprint density at radius 1 is 1.26 bits per heavy atom. The Morgan fingerprint density at radius 2 is 2.11 bits per heavy atom. The van der Waals surface area contributed by atoms with Gasteiger partial charge in [-0.15, -0.1) is 11.3 Å². The molecule has 0 amide bonds. The lowest BCUT2D eigenvalue weighted by Gasteiger charge is -2.21. The molecule has 19 heavy (non-hydrogen) atoms. The van der Waals surface area contributed by atoms with E-state index >= 15 is 0 Å². The number of benzene rings is 1. The molecule has 0 spiro atoms. The number of fused-ring (bicyclic) bond motifs is 1. The van der Waals surface area contributed by atoms with Crippen LogP contribution < -0.4 is 5.32 Å². The fraction of sp³-hybridized carbons (Fsp3) is 0.529. The van der Waals surface area contributed by atoms with E-state index in [2.05, 4.69) is 48.8 Å². The zero-order valence-corrected chi connectivity index (χ0v) is 12.7. The van der Waals surface area contributed by atoms with Crippen molar-refractivity contribution in [1.29, 1.82) is 0 Å². The first-order valence-corrected chi connectivity index (χ1v) is 8.36. The van der Waals surface area contributed by atoms with Gasteiger partial charge in [-0.25, -0.2) is 0 Å². The summed E-state index contributed by atoms with van der Waals surface area (Å²) >= 11 is 1.86. The van der Waals surface area contributed by atoms with Gasteiger partial charge in [0, 0.05) is 17.3 Å². The van der Waals surface area contributed by atoms with Gasteiger partial charge in [0.1, 0.15) is 0 Å². The van der Waals surface area contributed by atoms with Crippen LogP contribution >= 0.6 is 11.3 Å². The molecule has 0 bridgehead atoms. The number of hydrogen-bond acceptors (Lipinski definition) is 2. The van der Waals surface area contributed by atoms with Crippen LogP contribution in [0.1, 0.15) is 38.7 Å². The molecule has 1 nitrogen and oxygen atoms in total. The van der Waals surface area contributed by atoms with Crippen LogP contribution in [-0.4, -0.2) is 6.04 Å². The highest BCUT2D eigenvalue weighted by Gasteiger charge is 2.30. The molecule has 1 fully saturated rings. The maximum atomic E-state index is 3.80. The van der Waals surface area contributed by atoms with Crippen molar-refractivity contribution in [2.24, 2.45) is 11.8 Å². The predicted octanol–water partition coefficient (Wildman–Crippen LogP) is 4.82. The van der Waals surface area contributed by atoms with E-state index in [9.17, 15) is 0 Å². The first-order chi connectivity index (χ1) is 9.29. The summed E-state index contributed by atoms with van der Waals surface area (Å²) in [5, 5.41) is 7.54. The molecule has 3 rings (SSSR count). The van der Waals surface area contributed by atoms with Crippen molar-refractivity contribution in [2.45, 2.75) is 45.7 Å². The van der Waals surface area contributed by atoms with Gasteiger partial charge in [-0.3, -0.25) is 0 Å². The Kier molecular flexibility index (Phi) is 3.90. The molecule has 1 heterocycles. The molecule has 3 atom stereocenters. The number of nitrogens with one attached hydrogen (secondary N) is 1. The van der Waals surface area contributed by atoms with Crippen molar-refractivity contribution < 1.29 is 0 Å². The minimum atomic E-state index is 0.712. The van der Waals surface area contributed by atoms with Crippen molar-refractivity contribution in [1.82, 2.24) is 5.32 Å². The minimum Gasteiger partial charge on any atom is -0.310 e. The highest BCUT2D eigenvalue weighted by molar-refractivity contribution is 7.17. The van der Waals surface area contributed by atoms with E-state index < -0.39 is 0 Å². The Morgan fingerprint density at radius 3 is 2.89 bits per heavy atom. The van der Waals surface area contributed by atoms with Crippen LogP contribution in [0.5, 0.6) is 0 Å². The van der Waals surface area contributed by atoms with E-state index in [0.29, 0.717) is 6.04 Å². The largest absolute Gasteiger partial charge is 0.310 e. The third-order valence-corrected chi connectivity index (χ3v) is 5.88. The van der Waals surface area contributed by atoms with Gasteiger partial charge in [-0.1, -0.05) is 38.5 Å². The first-order valence-electron chi connectivity index (χ1n) is 7.48. The summed E-state index contributed by atoms with van der Waals surface area (Å²) in [6.07, 6.45) is 4.09. The molecular formula is C17H23NS. The van der Waals surface area contributed by atoms with Crippen molar-refractivity contribution >= 4 is 21.4 Å². The van der Waals surface area contributed by atoms with Crippen LogP contribution in [0.3, 0.4) is 0 Å². The van der Waals surface area contributed by atoms with Crippen LogP contribution in [0.15, 0.2) is 29.6 Å². The van der Waals surface area contributed by atoms with Gasteiger partial charge in [0.2, 0.25) is 0 Å². The predicted molar refractivity (Wildman–Crippen MR) is 84.6 cm³/mol. The normalized spacial score (nSPS) is 27.2. The third kappa shape index (κ3) is 2.56. The molecule has 3 unspecified atom stereocenters. The van der Waals surface area contributed by atoms with Crippen molar-refractivity contribution in [3.05, 3.63) is 35.2 Å². The lowest BCUT2D eigenvalue weighted by molar-refractivity contribution is 0.345. The second kappa shape index (κ2) is 5.64. The zero-order valence-electron chi connectivity index (χ0n) is 11.9. The smallest absolute Gasteiger partial charge is 0.0346 e. The Labute approximate surface area is 120 Å². The Hall–Kier alpha value is -0.860. The van der Waals surface area contributed by atoms with E-state index in [-0.39, 0.29) is 0 Å². The zero-order chi connectivity index (χ0) is 13.2. The minimum absolute atomic E-state index is 0.712. The van der Waals surface area contributed by atoms with Crippen molar-refractivity contribution in [3.8, 4) is 0 Å². The van der Waals surface area contributed by atoms with Crippen molar-refractivity contribution in [3.63, 3.8) is 0 Å². The van der Waals surface area contributed by atoms with Gasteiger partial charge in [0.25, 0.3) is 0 Å². The summed E-state index contributed by atoms with van der Waals surface area (Å²) in [5.74, 6) is 1.76. The van der Waals surface area contributed by atoms with E-state index in [4.69, 9.17) is 0 Å². The maximum absolute atomic E-state index is 3.80. The quantitative estimate of drug-likeness (QED) is 0.842. The molecule has 1 N–H and O–H groups in total. The first kappa shape index (κ1) is 13.1. The Bertz CT molecular complexity index is 545. The van der Waals surface area contributed by atoms with E-state index in [0.717, 1.165) is 18.4 Å². The molecule has 1 aromatic carbocycles. The SMILES string of the molecule is CCC1CCC(NCc2csc3ccccc23)C1C. The molecule has 1 saturated carbocycles. The van der Waals surface area contributed by atoms with Gasteiger partial charge in [-0.2, -0.15) is 0 Å². The third-order valence-electron chi connectivity index (χ3n) is 4.87. The van der Waals surface area contributed by atoms with E-state index in [1.54, 1.807) is 0 Å². The molecule has 2 heteroatoms. The fourth-order valence-electron chi connectivity index (χ4n) is 3.52. The summed E-state index contributed by atoms with van der Waals surface area (Å²) < 4.78 is 1.41. The summed E-state index contributed by atoms with van der Waals surface area (Å²) in [4.78, 5) is 0. The van der Waals surface area contributed by atoms with E-state index in [1.165, 1.54) is 34.9 Å². The molecule has 1 aliphatic rings. The maximum Gasteiger partial charge on any atom is 0.0346 e. The second-order valence-electron chi connectivity index (χ2n) is 5.85. The molecule has 0 aliphatic heterocycles.